The number of hydrazine groups is 1. The second-order valence-electron chi connectivity index (χ2n) is 6.31. The smallest absolute Gasteiger partial charge is 0.338 e. The van der Waals surface area contributed by atoms with Crippen LogP contribution in [0.25, 0.3) is 0 Å². The van der Waals surface area contributed by atoms with Crippen LogP contribution in [0.4, 0.5) is 4.79 Å². The molecule has 134 valence electrons. The molecule has 2 heterocycles. The van der Waals surface area contributed by atoms with Crippen LogP contribution in [-0.4, -0.2) is 71.7 Å². The molecule has 2 rings (SSSR count). The number of nitrogens with zero attached hydrogens (tertiary/aromatic N) is 3. The van der Waals surface area contributed by atoms with Gasteiger partial charge in [0.2, 0.25) is 11.8 Å². The predicted molar refractivity (Wildman–Crippen MR) is 87.6 cm³/mol. The zero-order valence-corrected chi connectivity index (χ0v) is 14.4. The highest BCUT2D eigenvalue weighted by Gasteiger charge is 2.44. The van der Waals surface area contributed by atoms with Crippen LogP contribution < -0.4 is 5.43 Å². The second kappa shape index (κ2) is 7.65. The topological polar surface area (TPSA) is 82.2 Å². The van der Waals surface area contributed by atoms with E-state index in [4.69, 9.17) is 4.74 Å². The van der Waals surface area contributed by atoms with E-state index in [2.05, 4.69) is 12.0 Å². The molecule has 0 aromatic carbocycles. The highest BCUT2D eigenvalue weighted by Crippen LogP contribution is 2.32. The molecule has 2 aliphatic rings. The predicted octanol–water partition coefficient (Wildman–Crippen LogP) is 0.706. The number of ether oxygens (including phenoxy) is 1. The minimum absolute atomic E-state index is 0.135. The third kappa shape index (κ3) is 4.05. The van der Waals surface area contributed by atoms with Crippen molar-refractivity contribution in [2.45, 2.75) is 38.2 Å². The number of rotatable bonds is 3. The molecular formula is C16H26N4O4. The third-order valence-electron chi connectivity index (χ3n) is 4.49. The molecule has 0 atom stereocenters. The summed E-state index contributed by atoms with van der Waals surface area (Å²) in [6.45, 7) is 7.26. The number of nitrogens with one attached hydrogen (secondary N) is 1. The van der Waals surface area contributed by atoms with Gasteiger partial charge in [0, 0.05) is 26.6 Å². The van der Waals surface area contributed by atoms with Crippen molar-refractivity contribution in [1.29, 1.82) is 0 Å². The van der Waals surface area contributed by atoms with E-state index < -0.39 is 0 Å². The molecule has 2 aliphatic heterocycles. The van der Waals surface area contributed by atoms with Gasteiger partial charge in [0.25, 0.3) is 0 Å². The summed E-state index contributed by atoms with van der Waals surface area (Å²) in [5.41, 5.74) is 2.20. The second-order valence-corrected chi connectivity index (χ2v) is 6.31. The Morgan fingerprint density at radius 3 is 2.54 bits per heavy atom. The van der Waals surface area contributed by atoms with Crippen molar-refractivity contribution in [2.75, 3.05) is 33.4 Å². The Labute approximate surface area is 142 Å². The van der Waals surface area contributed by atoms with Crippen molar-refractivity contribution in [3.63, 3.8) is 0 Å². The average Bonchev–Trinajstić information content (AvgIpc) is 2.98. The van der Waals surface area contributed by atoms with Crippen LogP contribution in [0.3, 0.4) is 0 Å². The summed E-state index contributed by atoms with van der Waals surface area (Å²) in [4.78, 5) is 39.0. The summed E-state index contributed by atoms with van der Waals surface area (Å²) in [5.74, 6) is -0.303. The minimum Gasteiger partial charge on any atom is -0.353 e. The molecule has 4 amide bonds. The molecule has 1 spiro atoms. The van der Waals surface area contributed by atoms with Crippen LogP contribution >= 0.6 is 0 Å². The van der Waals surface area contributed by atoms with E-state index in [0.717, 1.165) is 6.42 Å². The van der Waals surface area contributed by atoms with Crippen molar-refractivity contribution < 1.29 is 19.1 Å². The molecule has 0 saturated carbocycles. The van der Waals surface area contributed by atoms with Crippen LogP contribution in [0.1, 0.15) is 32.6 Å². The molecule has 8 nitrogen and oxygen atoms in total. The lowest BCUT2D eigenvalue weighted by atomic mass is 9.91. The summed E-state index contributed by atoms with van der Waals surface area (Å²) in [5, 5.41) is 1.24. The summed E-state index contributed by atoms with van der Waals surface area (Å²) in [7, 11) is 1.55. The van der Waals surface area contributed by atoms with Gasteiger partial charge in [-0.2, -0.15) is 0 Å². The van der Waals surface area contributed by atoms with E-state index >= 15 is 0 Å². The van der Waals surface area contributed by atoms with Crippen molar-refractivity contribution in [3.05, 3.63) is 12.7 Å². The van der Waals surface area contributed by atoms with Gasteiger partial charge in [0.15, 0.2) is 0 Å². The summed E-state index contributed by atoms with van der Waals surface area (Å²) >= 11 is 0. The van der Waals surface area contributed by atoms with Gasteiger partial charge in [-0.05, 0) is 25.3 Å². The fraction of sp³-hybridized carbons (Fsp3) is 0.688. The highest BCUT2D eigenvalue weighted by atomic mass is 16.5. The number of carbonyl (C=O) groups excluding carboxylic acids is 3. The zero-order valence-electron chi connectivity index (χ0n) is 14.4. The molecule has 0 unspecified atom stereocenters. The van der Waals surface area contributed by atoms with E-state index in [9.17, 15) is 14.4 Å². The lowest BCUT2D eigenvalue weighted by Crippen LogP contribution is -2.55. The fourth-order valence-corrected chi connectivity index (χ4v) is 3.06. The van der Waals surface area contributed by atoms with Gasteiger partial charge in [-0.1, -0.05) is 13.5 Å². The number of amides is 4. The Bertz CT molecular complexity index is 514. The molecule has 0 radical (unpaired) electrons. The van der Waals surface area contributed by atoms with Crippen LogP contribution in [0, 0.1) is 0 Å². The first-order valence-corrected chi connectivity index (χ1v) is 8.28. The van der Waals surface area contributed by atoms with Gasteiger partial charge < -0.3 is 14.5 Å². The van der Waals surface area contributed by atoms with E-state index in [0.29, 0.717) is 38.9 Å². The highest BCUT2D eigenvalue weighted by molar-refractivity contribution is 5.87. The Balaban J connectivity index is 1.84. The van der Waals surface area contributed by atoms with Crippen molar-refractivity contribution in [2.24, 2.45) is 0 Å². The summed E-state index contributed by atoms with van der Waals surface area (Å²) in [6, 6.07) is -0.230. The Hall–Kier alpha value is -2.09. The number of hydrogen-bond donors (Lipinski definition) is 1. The number of likely N-dealkylation sites (tertiary alicyclic amines) is 1. The van der Waals surface area contributed by atoms with Crippen LogP contribution in [0.5, 0.6) is 0 Å². The van der Waals surface area contributed by atoms with E-state index in [1.165, 1.54) is 11.1 Å². The first-order valence-electron chi connectivity index (χ1n) is 8.28. The Morgan fingerprint density at radius 1 is 1.29 bits per heavy atom. The first-order chi connectivity index (χ1) is 11.4. The molecule has 24 heavy (non-hydrogen) atoms. The van der Waals surface area contributed by atoms with Gasteiger partial charge in [-0.3, -0.25) is 15.0 Å². The number of urea groups is 1. The van der Waals surface area contributed by atoms with Gasteiger partial charge in [-0.15, -0.1) is 0 Å². The summed E-state index contributed by atoms with van der Waals surface area (Å²) in [6.07, 6.45) is 3.74. The Morgan fingerprint density at radius 2 is 1.96 bits per heavy atom. The van der Waals surface area contributed by atoms with Gasteiger partial charge in [0.1, 0.15) is 6.73 Å². The standard InChI is InChI=1S/C16H26N4O4/c1-4-6-13(21)17-18(3)15(23)19-9-7-16(8-10-19)11-20(12-24-16)14(22)5-2/h5H,2,4,6-12H2,1,3H3,(H,17,21). The van der Waals surface area contributed by atoms with E-state index in [1.807, 2.05) is 6.92 Å². The fourth-order valence-electron chi connectivity index (χ4n) is 3.06. The number of hydrogen-bond acceptors (Lipinski definition) is 4. The third-order valence-corrected chi connectivity index (χ3v) is 4.49. The minimum atomic E-state index is -0.376. The largest absolute Gasteiger partial charge is 0.353 e. The molecule has 2 saturated heterocycles. The summed E-state index contributed by atoms with van der Waals surface area (Å²) < 4.78 is 5.84. The van der Waals surface area contributed by atoms with Crippen LogP contribution in [-0.2, 0) is 14.3 Å². The normalized spacial score (nSPS) is 19.2. The Kier molecular flexibility index (Phi) is 5.82. The maximum absolute atomic E-state index is 12.4. The maximum Gasteiger partial charge on any atom is 0.338 e. The molecule has 0 aromatic rings. The van der Waals surface area contributed by atoms with Gasteiger partial charge in [-0.25, -0.2) is 9.80 Å². The lowest BCUT2D eigenvalue weighted by Gasteiger charge is -2.39. The molecule has 0 aromatic heterocycles. The lowest BCUT2D eigenvalue weighted by molar-refractivity contribution is -0.126. The quantitative estimate of drug-likeness (QED) is 0.607. The van der Waals surface area contributed by atoms with E-state index in [1.54, 1.807) is 16.8 Å². The molecule has 2 fully saturated rings. The molecular weight excluding hydrogens is 312 g/mol. The van der Waals surface area contributed by atoms with Crippen molar-refractivity contribution in [3.8, 4) is 0 Å². The van der Waals surface area contributed by atoms with Crippen LogP contribution in [0.2, 0.25) is 0 Å². The molecule has 1 N–H and O–H groups in total. The van der Waals surface area contributed by atoms with Crippen LogP contribution in [0.15, 0.2) is 12.7 Å². The maximum atomic E-state index is 12.4. The van der Waals surface area contributed by atoms with E-state index in [-0.39, 0.29) is 30.2 Å². The molecule has 0 bridgehead atoms. The monoisotopic (exact) mass is 338 g/mol. The molecule has 0 aliphatic carbocycles. The SMILES string of the molecule is C=CC(=O)N1COC2(CCN(C(=O)N(C)NC(=O)CCC)CC2)C1. The van der Waals surface area contributed by atoms with Crippen molar-refractivity contribution >= 4 is 17.8 Å². The number of piperidine rings is 1. The van der Waals surface area contributed by atoms with Gasteiger partial charge >= 0.3 is 6.03 Å². The average molecular weight is 338 g/mol. The zero-order chi connectivity index (χ0) is 17.7. The molecule has 8 heteroatoms. The number of carbonyl (C=O) groups is 3. The first kappa shape index (κ1) is 18.3. The van der Waals surface area contributed by atoms with Crippen molar-refractivity contribution in [1.82, 2.24) is 20.2 Å². The van der Waals surface area contributed by atoms with Gasteiger partial charge in [0.05, 0.1) is 12.1 Å².